The average molecular weight is 595 g/mol. The van der Waals surface area contributed by atoms with E-state index in [0.29, 0.717) is 12.2 Å². The number of nitrogen functional groups attached to an aromatic ring is 1. The highest BCUT2D eigenvalue weighted by Crippen LogP contribution is 2.59. The SMILES string of the molecule is COc1nc(N)nc2c1ncn2[C@@H]1OC(CO[P@@]2(=O)N[C@H](C(=O)O[C@H](C)c3ccccc3)CCS2)[C@@H](O)[C@@]1(C)O. The maximum Gasteiger partial charge on any atom is 0.327 e. The number of fused-ring (bicyclic) bond motifs is 1. The first-order chi connectivity index (χ1) is 19.0. The molecule has 4 heterocycles. The number of nitrogens with two attached hydrogens (primary N) is 1. The van der Waals surface area contributed by atoms with Crippen molar-refractivity contribution in [3.63, 3.8) is 0 Å². The van der Waals surface area contributed by atoms with Crippen molar-refractivity contribution in [1.29, 1.82) is 0 Å². The van der Waals surface area contributed by atoms with Crippen LogP contribution in [-0.2, 0) is 23.4 Å². The van der Waals surface area contributed by atoms with Crippen molar-refractivity contribution in [2.75, 3.05) is 25.2 Å². The number of hydrogen-bond acceptors (Lipinski definition) is 13. The molecule has 5 rings (SSSR count). The highest BCUT2D eigenvalue weighted by atomic mass is 32.7. The van der Waals surface area contributed by atoms with E-state index in [1.807, 2.05) is 30.3 Å². The first kappa shape index (κ1) is 28.7. The maximum absolute atomic E-state index is 13.5. The Morgan fingerprint density at radius 1 is 1.38 bits per heavy atom. The third-order valence-electron chi connectivity index (χ3n) is 6.84. The summed E-state index contributed by atoms with van der Waals surface area (Å²) in [5, 5.41) is 24.9. The Labute approximate surface area is 233 Å². The normalized spacial score (nSPS) is 31.2. The van der Waals surface area contributed by atoms with E-state index in [4.69, 9.17) is 24.5 Å². The zero-order valence-corrected chi connectivity index (χ0v) is 23.7. The number of imidazole rings is 1. The molecular weight excluding hydrogens is 563 g/mol. The second-order valence-electron chi connectivity index (χ2n) is 9.70. The van der Waals surface area contributed by atoms with E-state index in [1.54, 1.807) is 6.92 Å². The van der Waals surface area contributed by atoms with Gasteiger partial charge in [0, 0.05) is 5.75 Å². The molecule has 1 aromatic carbocycles. The van der Waals surface area contributed by atoms with Gasteiger partial charge in [0.2, 0.25) is 11.8 Å². The van der Waals surface area contributed by atoms with Gasteiger partial charge < -0.3 is 34.7 Å². The number of aromatic nitrogens is 4. The quantitative estimate of drug-likeness (QED) is 0.218. The van der Waals surface area contributed by atoms with Crippen LogP contribution >= 0.6 is 18.1 Å². The number of aliphatic hydroxyl groups excluding tert-OH is 1. The van der Waals surface area contributed by atoms with Crippen molar-refractivity contribution in [1.82, 2.24) is 24.6 Å². The topological polar surface area (TPSA) is 193 Å². The first-order valence-electron chi connectivity index (χ1n) is 12.5. The Kier molecular flexibility index (Phi) is 8.08. The molecule has 0 amide bonds. The molecule has 40 heavy (non-hydrogen) atoms. The number of carbonyl (C=O) groups excluding carboxylic acids is 1. The van der Waals surface area contributed by atoms with E-state index >= 15 is 0 Å². The molecule has 5 N–H and O–H groups in total. The van der Waals surface area contributed by atoms with E-state index in [-0.39, 0.29) is 29.6 Å². The fraction of sp³-hybridized carbons (Fsp3) is 0.500. The van der Waals surface area contributed by atoms with Gasteiger partial charge in [0.25, 0.3) is 0 Å². The lowest BCUT2D eigenvalue weighted by Crippen LogP contribution is -2.44. The molecule has 216 valence electrons. The molecule has 2 aliphatic heterocycles. The number of nitrogens with one attached hydrogen (secondary N) is 1. The third kappa shape index (κ3) is 5.55. The summed E-state index contributed by atoms with van der Waals surface area (Å²) in [4.78, 5) is 25.2. The second-order valence-corrected chi connectivity index (χ2v) is 14.1. The van der Waals surface area contributed by atoms with E-state index in [0.717, 1.165) is 16.9 Å². The fourth-order valence-corrected chi connectivity index (χ4v) is 8.46. The molecule has 0 saturated carbocycles. The van der Waals surface area contributed by atoms with Crippen molar-refractivity contribution in [2.45, 2.75) is 56.5 Å². The zero-order valence-electron chi connectivity index (χ0n) is 22.0. The standard InChI is InChI=1S/C24H31N6O8PS/c1-13(14-7-5-4-6-8-14)37-21(32)15-9-10-40-39(34,29-15)36-11-16-18(31)24(2,33)22(38-16)30-12-26-17-19(30)27-23(25)28-20(17)35-3/h4-8,12-13,15-16,18,22,31,33H,9-11H2,1-3H3,(H,29,34)(H2,25,27,28)/t13-,15+,16?,18-,22-,24-,39+/m1/s1. The van der Waals surface area contributed by atoms with Gasteiger partial charge in [0.05, 0.1) is 20.0 Å². The van der Waals surface area contributed by atoms with Crippen LogP contribution in [0.25, 0.3) is 11.2 Å². The van der Waals surface area contributed by atoms with E-state index in [1.165, 1.54) is 24.9 Å². The molecule has 2 fully saturated rings. The van der Waals surface area contributed by atoms with Crippen LogP contribution < -0.4 is 15.6 Å². The number of hydrogen-bond donors (Lipinski definition) is 4. The molecule has 2 aromatic heterocycles. The number of esters is 1. The summed E-state index contributed by atoms with van der Waals surface area (Å²) in [7, 11) is 1.41. The minimum atomic E-state index is -3.58. The van der Waals surface area contributed by atoms with Crippen molar-refractivity contribution < 1.29 is 38.3 Å². The van der Waals surface area contributed by atoms with Crippen LogP contribution in [-0.4, -0.2) is 79.0 Å². The Bertz CT molecular complexity index is 1430. The first-order valence-corrected chi connectivity index (χ1v) is 15.8. The van der Waals surface area contributed by atoms with Gasteiger partial charge in [0.15, 0.2) is 17.4 Å². The molecule has 0 bridgehead atoms. The molecule has 3 aromatic rings. The average Bonchev–Trinajstić information content (AvgIpc) is 3.45. The lowest BCUT2D eigenvalue weighted by Gasteiger charge is -2.30. The summed E-state index contributed by atoms with van der Waals surface area (Å²) in [6.45, 7) is -0.748. The van der Waals surface area contributed by atoms with Gasteiger partial charge in [-0.25, -0.2) is 10.1 Å². The zero-order chi connectivity index (χ0) is 28.7. The minimum Gasteiger partial charge on any atom is -0.479 e. The van der Waals surface area contributed by atoms with Crippen LogP contribution in [0.4, 0.5) is 5.95 Å². The molecule has 14 nitrogen and oxygen atoms in total. The lowest BCUT2D eigenvalue weighted by atomic mass is 9.96. The second kappa shape index (κ2) is 11.2. The third-order valence-corrected chi connectivity index (χ3v) is 10.9. The van der Waals surface area contributed by atoms with Gasteiger partial charge in [-0.3, -0.25) is 13.9 Å². The summed E-state index contributed by atoms with van der Waals surface area (Å²) < 4.78 is 37.4. The molecule has 16 heteroatoms. The van der Waals surface area contributed by atoms with Crippen LogP contribution in [0, 0.1) is 0 Å². The van der Waals surface area contributed by atoms with Gasteiger partial charge in [-0.15, -0.1) is 0 Å². The minimum absolute atomic E-state index is 0.0751. The summed E-state index contributed by atoms with van der Waals surface area (Å²) in [6.07, 6.45) is -2.35. The number of benzene rings is 1. The van der Waals surface area contributed by atoms with Crippen molar-refractivity contribution >= 4 is 41.2 Å². The van der Waals surface area contributed by atoms with E-state index in [2.05, 4.69) is 20.0 Å². The molecular formula is C24H31N6O8PS. The lowest BCUT2D eigenvalue weighted by molar-refractivity contribution is -0.150. The van der Waals surface area contributed by atoms with Crippen molar-refractivity contribution in [2.24, 2.45) is 0 Å². The fourth-order valence-electron chi connectivity index (χ4n) is 4.65. The van der Waals surface area contributed by atoms with Crippen LogP contribution in [0.3, 0.4) is 0 Å². The number of methoxy groups -OCH3 is 1. The number of carbonyl (C=O) groups is 1. The molecule has 2 aliphatic rings. The van der Waals surface area contributed by atoms with Crippen molar-refractivity contribution in [3.05, 3.63) is 42.2 Å². The van der Waals surface area contributed by atoms with Crippen LogP contribution in [0.1, 0.15) is 38.2 Å². The van der Waals surface area contributed by atoms with Crippen LogP contribution in [0.2, 0.25) is 0 Å². The smallest absolute Gasteiger partial charge is 0.327 e. The predicted octanol–water partition coefficient (Wildman–Crippen LogP) is 1.95. The van der Waals surface area contributed by atoms with E-state index in [9.17, 15) is 19.6 Å². The molecule has 0 spiro atoms. The van der Waals surface area contributed by atoms with Gasteiger partial charge in [-0.05, 0) is 25.8 Å². The Hall–Kier alpha value is -2.78. The highest BCUT2D eigenvalue weighted by molar-refractivity contribution is 8.56. The summed E-state index contributed by atoms with van der Waals surface area (Å²) in [5.74, 6) is -0.0791. The summed E-state index contributed by atoms with van der Waals surface area (Å²) >= 11 is 1.05. The van der Waals surface area contributed by atoms with Crippen LogP contribution in [0.5, 0.6) is 5.88 Å². The summed E-state index contributed by atoms with van der Waals surface area (Å²) in [6, 6.07) is 8.46. The van der Waals surface area contributed by atoms with Gasteiger partial charge in [0.1, 0.15) is 30.0 Å². The van der Waals surface area contributed by atoms with E-state index < -0.39 is 48.9 Å². The Morgan fingerprint density at radius 3 is 2.85 bits per heavy atom. The Morgan fingerprint density at radius 2 is 2.12 bits per heavy atom. The molecule has 7 atom stereocenters. The number of ether oxygens (including phenoxy) is 3. The largest absolute Gasteiger partial charge is 0.479 e. The molecule has 0 aliphatic carbocycles. The van der Waals surface area contributed by atoms with Gasteiger partial charge >= 0.3 is 12.7 Å². The monoisotopic (exact) mass is 594 g/mol. The summed E-state index contributed by atoms with van der Waals surface area (Å²) in [5.41, 5.74) is 5.34. The number of nitrogens with zero attached hydrogens (tertiary/aromatic N) is 4. The maximum atomic E-state index is 13.5. The van der Waals surface area contributed by atoms with Crippen molar-refractivity contribution in [3.8, 4) is 5.88 Å². The highest BCUT2D eigenvalue weighted by Gasteiger charge is 2.54. The van der Waals surface area contributed by atoms with Gasteiger partial charge in [-0.1, -0.05) is 41.7 Å². The van der Waals surface area contributed by atoms with Crippen LogP contribution in [0.15, 0.2) is 36.7 Å². The molecule has 0 radical (unpaired) electrons. The predicted molar refractivity (Wildman–Crippen MR) is 145 cm³/mol. The number of aliphatic hydroxyl groups is 2. The Balaban J connectivity index is 1.25. The molecule has 1 unspecified atom stereocenters. The van der Waals surface area contributed by atoms with Gasteiger partial charge in [-0.2, -0.15) is 9.97 Å². The number of anilines is 1. The number of rotatable bonds is 8. The molecule has 2 saturated heterocycles.